The van der Waals surface area contributed by atoms with Crippen molar-refractivity contribution < 1.29 is 9.84 Å². The number of benzene rings is 1. The Morgan fingerprint density at radius 3 is 2.54 bits per heavy atom. The van der Waals surface area contributed by atoms with Gasteiger partial charge in [0.05, 0.1) is 12.8 Å². The van der Waals surface area contributed by atoms with Crippen LogP contribution in [-0.4, -0.2) is 80.5 Å². The summed E-state index contributed by atoms with van der Waals surface area (Å²) in [5.41, 5.74) is 1.20. The third-order valence-electron chi connectivity index (χ3n) is 5.82. The Morgan fingerprint density at radius 2 is 1.85 bits per heavy atom. The number of aliphatic hydroxyl groups excluding tert-OH is 1. The number of methoxy groups -OCH3 is 1. The first kappa shape index (κ1) is 19.5. The first-order valence-corrected chi connectivity index (χ1v) is 9.97. The van der Waals surface area contributed by atoms with E-state index in [0.29, 0.717) is 6.04 Å². The monoisotopic (exact) mass is 361 g/mol. The van der Waals surface area contributed by atoms with Gasteiger partial charge in [0.25, 0.3) is 0 Å². The number of anilines is 1. The summed E-state index contributed by atoms with van der Waals surface area (Å²) in [5.74, 6) is 0.969. The van der Waals surface area contributed by atoms with Crippen LogP contribution < -0.4 is 9.64 Å². The molecule has 0 amide bonds. The van der Waals surface area contributed by atoms with Gasteiger partial charge in [-0.3, -0.25) is 4.90 Å². The Kier molecular flexibility index (Phi) is 6.43. The van der Waals surface area contributed by atoms with Gasteiger partial charge in [0.2, 0.25) is 0 Å². The van der Waals surface area contributed by atoms with Crippen LogP contribution in [0, 0.1) is 5.41 Å². The van der Waals surface area contributed by atoms with Gasteiger partial charge in [-0.1, -0.05) is 26.0 Å². The maximum atomic E-state index is 9.57. The largest absolute Gasteiger partial charge is 0.495 e. The SMILES string of the molecule is COc1ccccc1N1CCN(C2CCCN(CC(C)(C)CO)C2)CC1. The molecular weight excluding hydrogens is 326 g/mol. The number of nitrogens with zero attached hydrogens (tertiary/aromatic N) is 3. The number of piperidine rings is 1. The highest BCUT2D eigenvalue weighted by Gasteiger charge is 2.30. The summed E-state index contributed by atoms with van der Waals surface area (Å²) in [5, 5.41) is 9.57. The maximum Gasteiger partial charge on any atom is 0.142 e. The van der Waals surface area contributed by atoms with Crippen LogP contribution >= 0.6 is 0 Å². The molecule has 2 fully saturated rings. The van der Waals surface area contributed by atoms with Crippen molar-refractivity contribution in [3.8, 4) is 5.75 Å². The van der Waals surface area contributed by atoms with Crippen LogP contribution in [0.15, 0.2) is 24.3 Å². The van der Waals surface area contributed by atoms with E-state index in [1.165, 1.54) is 25.1 Å². The highest BCUT2D eigenvalue weighted by molar-refractivity contribution is 5.58. The lowest BCUT2D eigenvalue weighted by molar-refractivity contribution is 0.0502. The predicted molar refractivity (Wildman–Crippen MR) is 107 cm³/mol. The average Bonchev–Trinajstić information content (AvgIpc) is 2.68. The second-order valence-corrected chi connectivity index (χ2v) is 8.55. The molecule has 1 atom stereocenters. The van der Waals surface area contributed by atoms with Crippen molar-refractivity contribution in [3.05, 3.63) is 24.3 Å². The maximum absolute atomic E-state index is 9.57. The van der Waals surface area contributed by atoms with Gasteiger partial charge in [0.1, 0.15) is 5.75 Å². The van der Waals surface area contributed by atoms with Gasteiger partial charge in [-0.25, -0.2) is 0 Å². The number of aliphatic hydroxyl groups is 1. The van der Waals surface area contributed by atoms with Gasteiger partial charge in [0, 0.05) is 57.3 Å². The summed E-state index contributed by atoms with van der Waals surface area (Å²) in [4.78, 5) is 7.67. The predicted octanol–water partition coefficient (Wildman–Crippen LogP) is 2.30. The molecule has 3 rings (SSSR count). The van der Waals surface area contributed by atoms with Crippen LogP contribution in [0.1, 0.15) is 26.7 Å². The minimum atomic E-state index is -0.00947. The molecule has 26 heavy (non-hydrogen) atoms. The molecule has 0 bridgehead atoms. The van der Waals surface area contributed by atoms with E-state index in [2.05, 4.69) is 40.7 Å². The number of hydrogen-bond acceptors (Lipinski definition) is 5. The van der Waals surface area contributed by atoms with Gasteiger partial charge >= 0.3 is 0 Å². The minimum absolute atomic E-state index is 0.00947. The quantitative estimate of drug-likeness (QED) is 0.842. The van der Waals surface area contributed by atoms with E-state index in [-0.39, 0.29) is 12.0 Å². The molecule has 146 valence electrons. The van der Waals surface area contributed by atoms with Crippen molar-refractivity contribution in [2.75, 3.05) is 64.4 Å². The number of likely N-dealkylation sites (tertiary alicyclic amines) is 1. The van der Waals surface area contributed by atoms with E-state index in [1.807, 2.05) is 12.1 Å². The molecule has 5 heteroatoms. The van der Waals surface area contributed by atoms with Crippen LogP contribution in [0.2, 0.25) is 0 Å². The third kappa shape index (κ3) is 4.70. The third-order valence-corrected chi connectivity index (χ3v) is 5.82. The number of piperazine rings is 1. The lowest BCUT2D eigenvalue weighted by Gasteiger charge is -2.45. The fourth-order valence-corrected chi connectivity index (χ4v) is 4.35. The molecule has 5 nitrogen and oxygen atoms in total. The summed E-state index contributed by atoms with van der Waals surface area (Å²) in [6, 6.07) is 8.98. The Morgan fingerprint density at radius 1 is 1.12 bits per heavy atom. The zero-order valence-electron chi connectivity index (χ0n) is 16.7. The van der Waals surface area contributed by atoms with Gasteiger partial charge in [0.15, 0.2) is 0 Å². The van der Waals surface area contributed by atoms with E-state index in [0.717, 1.165) is 45.0 Å². The van der Waals surface area contributed by atoms with Crippen molar-refractivity contribution in [1.82, 2.24) is 9.80 Å². The molecule has 1 aromatic carbocycles. The molecule has 0 aliphatic carbocycles. The molecule has 1 unspecified atom stereocenters. The summed E-state index contributed by atoms with van der Waals surface area (Å²) in [7, 11) is 1.75. The Hall–Kier alpha value is -1.30. The first-order chi connectivity index (χ1) is 12.5. The van der Waals surface area contributed by atoms with Gasteiger partial charge in [-0.05, 0) is 31.5 Å². The van der Waals surface area contributed by atoms with Crippen molar-refractivity contribution in [2.45, 2.75) is 32.7 Å². The highest BCUT2D eigenvalue weighted by atomic mass is 16.5. The Labute approximate surface area is 158 Å². The number of hydrogen-bond donors (Lipinski definition) is 1. The average molecular weight is 362 g/mol. The fraction of sp³-hybridized carbons (Fsp3) is 0.714. The lowest BCUT2D eigenvalue weighted by Crippen LogP contribution is -2.56. The van der Waals surface area contributed by atoms with Crippen LogP contribution in [0.4, 0.5) is 5.69 Å². The van der Waals surface area contributed by atoms with Gasteiger partial charge in [-0.15, -0.1) is 0 Å². The molecule has 2 heterocycles. The van der Waals surface area contributed by atoms with Crippen LogP contribution in [0.25, 0.3) is 0 Å². The van der Waals surface area contributed by atoms with E-state index >= 15 is 0 Å². The van der Waals surface area contributed by atoms with E-state index in [4.69, 9.17) is 4.74 Å². The summed E-state index contributed by atoms with van der Waals surface area (Å²) >= 11 is 0. The van der Waals surface area contributed by atoms with Gasteiger partial charge in [-0.2, -0.15) is 0 Å². The summed E-state index contributed by atoms with van der Waals surface area (Å²) in [6.07, 6.45) is 2.56. The smallest absolute Gasteiger partial charge is 0.142 e. The van der Waals surface area contributed by atoms with E-state index < -0.39 is 0 Å². The van der Waals surface area contributed by atoms with Crippen LogP contribution in [0.5, 0.6) is 5.75 Å². The molecule has 2 aliphatic rings. The van der Waals surface area contributed by atoms with Crippen molar-refractivity contribution in [1.29, 1.82) is 0 Å². The normalized spacial score (nSPS) is 23.2. The zero-order chi connectivity index (χ0) is 18.6. The molecule has 0 radical (unpaired) electrons. The second-order valence-electron chi connectivity index (χ2n) is 8.55. The van der Waals surface area contributed by atoms with Crippen molar-refractivity contribution in [2.24, 2.45) is 5.41 Å². The highest BCUT2D eigenvalue weighted by Crippen LogP contribution is 2.29. The van der Waals surface area contributed by atoms with E-state index in [1.54, 1.807) is 7.11 Å². The summed E-state index contributed by atoms with van der Waals surface area (Å²) in [6.45, 7) is 12.2. The molecular formula is C21H35N3O2. The molecule has 1 N–H and O–H groups in total. The number of ether oxygens (including phenoxy) is 1. The lowest BCUT2D eigenvalue weighted by atomic mass is 9.92. The minimum Gasteiger partial charge on any atom is -0.495 e. The molecule has 0 saturated carbocycles. The molecule has 2 aliphatic heterocycles. The van der Waals surface area contributed by atoms with Gasteiger partial charge < -0.3 is 19.6 Å². The molecule has 1 aromatic rings. The molecule has 0 aromatic heterocycles. The number of rotatable bonds is 6. The van der Waals surface area contributed by atoms with Crippen molar-refractivity contribution >= 4 is 5.69 Å². The summed E-state index contributed by atoms with van der Waals surface area (Å²) < 4.78 is 5.53. The van der Waals surface area contributed by atoms with Crippen LogP contribution in [-0.2, 0) is 0 Å². The Bertz CT molecular complexity index is 570. The standard InChI is InChI=1S/C21H35N3O2/c1-21(2,17-25)16-22-10-6-7-18(15-22)23-11-13-24(14-12-23)19-8-4-5-9-20(19)26-3/h4-5,8-9,18,25H,6-7,10-17H2,1-3H3. The first-order valence-electron chi connectivity index (χ1n) is 9.97. The Balaban J connectivity index is 1.54. The molecule has 0 spiro atoms. The molecule has 2 saturated heterocycles. The van der Waals surface area contributed by atoms with Crippen molar-refractivity contribution in [3.63, 3.8) is 0 Å². The topological polar surface area (TPSA) is 39.2 Å². The van der Waals surface area contributed by atoms with Crippen LogP contribution in [0.3, 0.4) is 0 Å². The zero-order valence-corrected chi connectivity index (χ0v) is 16.7. The number of para-hydroxylation sites is 2. The second kappa shape index (κ2) is 8.59. The van der Waals surface area contributed by atoms with E-state index in [9.17, 15) is 5.11 Å². The fourth-order valence-electron chi connectivity index (χ4n) is 4.35.